The fraction of sp³-hybridized carbons (Fsp3) is 0.167. The topological polar surface area (TPSA) is 88.1 Å². The Bertz CT molecular complexity index is 819. The van der Waals surface area contributed by atoms with Crippen LogP contribution in [0.3, 0.4) is 0 Å². The van der Waals surface area contributed by atoms with Gasteiger partial charge in [0, 0.05) is 12.2 Å². The van der Waals surface area contributed by atoms with Crippen molar-refractivity contribution in [3.05, 3.63) is 71.5 Å². The average molecular weight is 355 g/mol. The molecule has 128 valence electrons. The molecule has 1 heterocycles. The van der Waals surface area contributed by atoms with Crippen LogP contribution in [0.5, 0.6) is 5.75 Å². The Hall–Kier alpha value is -2.80. The van der Waals surface area contributed by atoms with E-state index in [0.29, 0.717) is 23.3 Å². The van der Waals surface area contributed by atoms with Crippen molar-refractivity contribution in [1.29, 1.82) is 0 Å². The van der Waals surface area contributed by atoms with E-state index in [1.165, 1.54) is 29.5 Å². The van der Waals surface area contributed by atoms with Crippen molar-refractivity contribution in [2.45, 2.75) is 11.6 Å². The van der Waals surface area contributed by atoms with Crippen LogP contribution in [0.25, 0.3) is 0 Å². The number of carbonyl (C=O) groups is 1. The molecule has 0 aliphatic heterocycles. The van der Waals surface area contributed by atoms with Gasteiger partial charge in [0.25, 0.3) is 0 Å². The third kappa shape index (κ3) is 5.09. The maximum Gasteiger partial charge on any atom is 0.335 e. The standard InChI is InChI=1S/C18H17N3O3S/c22-17(23)14-6-8-15(9-7-14)24-10-11-25-18-19-16(20-21-18)12-13-4-2-1-3-5-13/h1-9H,10-12H2,(H,22,23)(H,19,20,21). The Morgan fingerprint density at radius 2 is 1.88 bits per heavy atom. The lowest BCUT2D eigenvalue weighted by molar-refractivity contribution is 0.0697. The van der Waals surface area contributed by atoms with Crippen molar-refractivity contribution >= 4 is 17.7 Å². The van der Waals surface area contributed by atoms with Crippen molar-refractivity contribution in [2.75, 3.05) is 12.4 Å². The van der Waals surface area contributed by atoms with Crippen LogP contribution in [0.1, 0.15) is 21.7 Å². The molecule has 25 heavy (non-hydrogen) atoms. The third-order valence-corrected chi connectivity index (χ3v) is 4.22. The predicted octanol–water partition coefficient (Wildman–Crippen LogP) is 3.26. The number of benzene rings is 2. The zero-order chi connectivity index (χ0) is 17.5. The quantitative estimate of drug-likeness (QED) is 0.476. The monoisotopic (exact) mass is 355 g/mol. The third-order valence-electron chi connectivity index (χ3n) is 3.41. The molecule has 7 heteroatoms. The van der Waals surface area contributed by atoms with E-state index in [9.17, 15) is 4.79 Å². The van der Waals surface area contributed by atoms with Crippen LogP contribution in [0.2, 0.25) is 0 Å². The van der Waals surface area contributed by atoms with E-state index in [0.717, 1.165) is 12.2 Å². The number of carboxylic acid groups (broad SMARTS) is 1. The number of H-pyrrole nitrogens is 1. The number of carboxylic acids is 1. The van der Waals surface area contributed by atoms with Gasteiger partial charge < -0.3 is 9.84 Å². The number of aromatic nitrogens is 3. The second kappa shape index (κ2) is 8.34. The number of nitrogens with one attached hydrogen (secondary N) is 1. The van der Waals surface area contributed by atoms with Crippen LogP contribution < -0.4 is 4.74 Å². The number of ether oxygens (including phenoxy) is 1. The second-order valence-electron chi connectivity index (χ2n) is 5.25. The fourth-order valence-electron chi connectivity index (χ4n) is 2.20. The number of aromatic carboxylic acids is 1. The molecule has 0 bridgehead atoms. The van der Waals surface area contributed by atoms with Crippen LogP contribution in [-0.4, -0.2) is 38.6 Å². The first-order chi connectivity index (χ1) is 12.2. The molecule has 3 rings (SSSR count). The Balaban J connectivity index is 1.42. The molecular formula is C18H17N3O3S. The van der Waals surface area contributed by atoms with E-state index in [-0.39, 0.29) is 5.56 Å². The van der Waals surface area contributed by atoms with Gasteiger partial charge in [-0.3, -0.25) is 5.10 Å². The number of rotatable bonds is 8. The molecule has 0 spiro atoms. The molecule has 1 aromatic heterocycles. The summed E-state index contributed by atoms with van der Waals surface area (Å²) in [5.41, 5.74) is 1.43. The van der Waals surface area contributed by atoms with E-state index < -0.39 is 5.97 Å². The summed E-state index contributed by atoms with van der Waals surface area (Å²) in [4.78, 5) is 15.2. The predicted molar refractivity (Wildman–Crippen MR) is 95.3 cm³/mol. The molecule has 0 aliphatic rings. The Morgan fingerprint density at radius 1 is 1.12 bits per heavy atom. The highest BCUT2D eigenvalue weighted by molar-refractivity contribution is 7.99. The first-order valence-corrected chi connectivity index (χ1v) is 8.73. The number of hydrogen-bond acceptors (Lipinski definition) is 5. The zero-order valence-corrected chi connectivity index (χ0v) is 14.2. The van der Waals surface area contributed by atoms with Gasteiger partial charge in [0.1, 0.15) is 11.6 Å². The largest absolute Gasteiger partial charge is 0.493 e. The summed E-state index contributed by atoms with van der Waals surface area (Å²) in [7, 11) is 0. The maximum absolute atomic E-state index is 10.8. The van der Waals surface area contributed by atoms with E-state index in [1.807, 2.05) is 18.2 Å². The lowest BCUT2D eigenvalue weighted by Crippen LogP contribution is -2.01. The van der Waals surface area contributed by atoms with Gasteiger partial charge in [-0.05, 0) is 29.8 Å². The highest BCUT2D eigenvalue weighted by atomic mass is 32.2. The number of thioether (sulfide) groups is 1. The van der Waals surface area contributed by atoms with Crippen LogP contribution in [0.4, 0.5) is 0 Å². The van der Waals surface area contributed by atoms with E-state index in [4.69, 9.17) is 9.84 Å². The summed E-state index contributed by atoms with van der Waals surface area (Å²) >= 11 is 1.51. The van der Waals surface area contributed by atoms with Crippen molar-refractivity contribution < 1.29 is 14.6 Å². The Kier molecular flexibility index (Phi) is 5.69. The van der Waals surface area contributed by atoms with Gasteiger partial charge in [-0.1, -0.05) is 42.1 Å². The molecular weight excluding hydrogens is 338 g/mol. The lowest BCUT2D eigenvalue weighted by Gasteiger charge is -2.05. The van der Waals surface area contributed by atoms with Gasteiger partial charge in [-0.25, -0.2) is 9.78 Å². The first-order valence-electron chi connectivity index (χ1n) is 7.75. The van der Waals surface area contributed by atoms with E-state index >= 15 is 0 Å². The van der Waals surface area contributed by atoms with Crippen LogP contribution in [0, 0.1) is 0 Å². The summed E-state index contributed by atoms with van der Waals surface area (Å²) < 4.78 is 5.59. The highest BCUT2D eigenvalue weighted by Crippen LogP contribution is 2.16. The minimum atomic E-state index is -0.946. The van der Waals surface area contributed by atoms with Crippen molar-refractivity contribution in [3.8, 4) is 5.75 Å². The minimum absolute atomic E-state index is 0.244. The summed E-state index contributed by atoms with van der Waals surface area (Å²) in [5, 5.41) is 16.7. The molecule has 6 nitrogen and oxygen atoms in total. The Labute approximate surface area is 149 Å². The second-order valence-corrected chi connectivity index (χ2v) is 6.32. The summed E-state index contributed by atoms with van der Waals surface area (Å²) in [6.07, 6.45) is 0.723. The van der Waals surface area contributed by atoms with Gasteiger partial charge >= 0.3 is 5.97 Å². The maximum atomic E-state index is 10.8. The number of nitrogens with zero attached hydrogens (tertiary/aromatic N) is 2. The zero-order valence-electron chi connectivity index (χ0n) is 13.4. The molecule has 0 saturated carbocycles. The highest BCUT2D eigenvalue weighted by Gasteiger charge is 2.06. The Morgan fingerprint density at radius 3 is 2.60 bits per heavy atom. The van der Waals surface area contributed by atoms with E-state index in [1.54, 1.807) is 12.1 Å². The molecule has 2 N–H and O–H groups in total. The molecule has 0 atom stereocenters. The van der Waals surface area contributed by atoms with Crippen LogP contribution in [0.15, 0.2) is 59.8 Å². The SMILES string of the molecule is O=C(O)c1ccc(OCCSc2n[nH]c(Cc3ccccc3)n2)cc1. The van der Waals surface area contributed by atoms with Gasteiger partial charge in [-0.2, -0.15) is 0 Å². The molecule has 2 aromatic carbocycles. The number of aromatic amines is 1. The molecule has 0 unspecified atom stereocenters. The lowest BCUT2D eigenvalue weighted by atomic mass is 10.1. The van der Waals surface area contributed by atoms with Gasteiger partial charge in [-0.15, -0.1) is 5.10 Å². The van der Waals surface area contributed by atoms with E-state index in [2.05, 4.69) is 27.3 Å². The van der Waals surface area contributed by atoms with Crippen molar-refractivity contribution in [1.82, 2.24) is 15.2 Å². The van der Waals surface area contributed by atoms with Crippen LogP contribution >= 0.6 is 11.8 Å². The van der Waals surface area contributed by atoms with Gasteiger partial charge in [0.05, 0.1) is 12.2 Å². The summed E-state index contributed by atoms with van der Waals surface area (Å²) in [6, 6.07) is 16.4. The molecule has 0 fully saturated rings. The van der Waals surface area contributed by atoms with Crippen molar-refractivity contribution in [2.24, 2.45) is 0 Å². The van der Waals surface area contributed by atoms with Gasteiger partial charge in [0.15, 0.2) is 0 Å². The molecule has 0 aliphatic carbocycles. The fourth-order valence-corrected chi connectivity index (χ4v) is 2.83. The molecule has 3 aromatic rings. The average Bonchev–Trinajstić information content (AvgIpc) is 3.07. The molecule has 0 radical (unpaired) electrons. The summed E-state index contributed by atoms with van der Waals surface area (Å²) in [5.74, 6) is 1.23. The smallest absolute Gasteiger partial charge is 0.335 e. The van der Waals surface area contributed by atoms with Crippen molar-refractivity contribution in [3.63, 3.8) is 0 Å². The number of hydrogen-bond donors (Lipinski definition) is 2. The molecule has 0 saturated heterocycles. The molecule has 0 amide bonds. The summed E-state index contributed by atoms with van der Waals surface area (Å²) in [6.45, 7) is 0.486. The first kappa shape index (κ1) is 17.0. The van der Waals surface area contributed by atoms with Crippen LogP contribution in [-0.2, 0) is 6.42 Å². The minimum Gasteiger partial charge on any atom is -0.493 e. The van der Waals surface area contributed by atoms with Gasteiger partial charge in [0.2, 0.25) is 5.16 Å². The normalized spacial score (nSPS) is 10.6.